The Hall–Kier alpha value is -1.89. The summed E-state index contributed by atoms with van der Waals surface area (Å²) in [4.78, 5) is 26.3. The molecule has 4 nitrogen and oxygen atoms in total. The lowest BCUT2D eigenvalue weighted by atomic mass is 10.1. The number of nitrogens with one attached hydrogen (secondary N) is 1. The predicted molar refractivity (Wildman–Crippen MR) is 108 cm³/mol. The van der Waals surface area contributed by atoms with Crippen molar-refractivity contribution < 1.29 is 9.59 Å². The van der Waals surface area contributed by atoms with Gasteiger partial charge in [0, 0.05) is 27.8 Å². The van der Waals surface area contributed by atoms with Crippen LogP contribution < -0.4 is 10.2 Å². The highest BCUT2D eigenvalue weighted by molar-refractivity contribution is 14.1. The van der Waals surface area contributed by atoms with E-state index in [1.165, 1.54) is 0 Å². The van der Waals surface area contributed by atoms with Gasteiger partial charge in [-0.3, -0.25) is 9.59 Å². The van der Waals surface area contributed by atoms with Gasteiger partial charge in [-0.05, 0) is 78.3 Å². The Morgan fingerprint density at radius 3 is 2.72 bits per heavy atom. The van der Waals surface area contributed by atoms with Crippen LogP contribution in [0.3, 0.4) is 0 Å². The molecular weight excluding hydrogens is 427 g/mol. The monoisotopic (exact) mass is 448 g/mol. The molecule has 0 spiro atoms. The van der Waals surface area contributed by atoms with E-state index in [4.69, 9.17) is 0 Å². The van der Waals surface area contributed by atoms with Gasteiger partial charge in [-0.25, -0.2) is 0 Å². The Labute approximate surface area is 161 Å². The molecule has 2 amide bonds. The van der Waals surface area contributed by atoms with Gasteiger partial charge in [-0.2, -0.15) is 0 Å². The van der Waals surface area contributed by atoms with Crippen molar-refractivity contribution in [2.24, 2.45) is 0 Å². The van der Waals surface area contributed by atoms with E-state index in [1.54, 1.807) is 0 Å². The van der Waals surface area contributed by atoms with Crippen molar-refractivity contribution in [2.75, 3.05) is 11.4 Å². The minimum absolute atomic E-state index is 0.0898. The fourth-order valence-electron chi connectivity index (χ4n) is 2.98. The molecule has 1 atom stereocenters. The molecular formula is C20H21IN2O2. The number of carbonyl (C=O) groups is 2. The average Bonchev–Trinajstić information content (AvgIpc) is 3.03. The van der Waals surface area contributed by atoms with Crippen molar-refractivity contribution in [1.82, 2.24) is 5.32 Å². The maximum Gasteiger partial charge on any atom is 0.251 e. The summed E-state index contributed by atoms with van der Waals surface area (Å²) in [6, 6.07) is 13.4. The normalized spacial score (nSPS) is 15.3. The quantitative estimate of drug-likeness (QED) is 0.713. The number of carbonyl (C=O) groups excluding carboxylic acids is 2. The van der Waals surface area contributed by atoms with Gasteiger partial charge in [0.15, 0.2) is 0 Å². The molecule has 25 heavy (non-hydrogen) atoms. The lowest BCUT2D eigenvalue weighted by Gasteiger charge is -2.19. The summed E-state index contributed by atoms with van der Waals surface area (Å²) >= 11 is 2.24. The first kappa shape index (κ1) is 17.9. The Morgan fingerprint density at radius 2 is 2.04 bits per heavy atom. The van der Waals surface area contributed by atoms with Crippen molar-refractivity contribution in [3.05, 3.63) is 62.7 Å². The molecule has 130 valence electrons. The van der Waals surface area contributed by atoms with Crippen LogP contribution in [0.15, 0.2) is 42.5 Å². The average molecular weight is 448 g/mol. The number of rotatable bonds is 4. The summed E-state index contributed by atoms with van der Waals surface area (Å²) in [5, 5.41) is 3.04. The summed E-state index contributed by atoms with van der Waals surface area (Å²) in [5.41, 5.74) is 3.72. The van der Waals surface area contributed by atoms with Crippen LogP contribution in [0, 0.1) is 10.5 Å². The summed E-state index contributed by atoms with van der Waals surface area (Å²) in [6.07, 6.45) is 1.52. The maximum atomic E-state index is 12.5. The zero-order valence-corrected chi connectivity index (χ0v) is 16.5. The van der Waals surface area contributed by atoms with Crippen molar-refractivity contribution in [3.63, 3.8) is 0 Å². The van der Waals surface area contributed by atoms with E-state index in [1.807, 2.05) is 61.2 Å². The third-order valence-corrected chi connectivity index (χ3v) is 5.70. The van der Waals surface area contributed by atoms with Gasteiger partial charge >= 0.3 is 0 Å². The van der Waals surface area contributed by atoms with Crippen LogP contribution in [0.4, 0.5) is 5.69 Å². The minimum Gasteiger partial charge on any atom is -0.346 e. The number of amides is 2. The third-order valence-electron chi connectivity index (χ3n) is 4.54. The summed E-state index contributed by atoms with van der Waals surface area (Å²) in [7, 11) is 0. The number of hydrogen-bond acceptors (Lipinski definition) is 2. The van der Waals surface area contributed by atoms with Crippen molar-refractivity contribution in [3.8, 4) is 0 Å². The van der Waals surface area contributed by atoms with Crippen molar-refractivity contribution in [2.45, 2.75) is 32.7 Å². The van der Waals surface area contributed by atoms with Gasteiger partial charge in [-0.15, -0.1) is 0 Å². The van der Waals surface area contributed by atoms with Gasteiger partial charge in [0.05, 0.1) is 6.04 Å². The number of nitrogens with zero attached hydrogens (tertiary/aromatic N) is 1. The number of halogens is 1. The Morgan fingerprint density at radius 1 is 1.24 bits per heavy atom. The molecule has 2 aromatic carbocycles. The highest BCUT2D eigenvalue weighted by Gasteiger charge is 2.22. The molecule has 1 N–H and O–H groups in total. The first-order chi connectivity index (χ1) is 12.0. The molecule has 1 saturated heterocycles. The highest BCUT2D eigenvalue weighted by Crippen LogP contribution is 2.25. The lowest BCUT2D eigenvalue weighted by molar-refractivity contribution is -0.117. The SMILES string of the molecule is Cc1ccc(C(=O)NC(C)c2cccc(N3CCCC3=O)c2)cc1I. The fourth-order valence-corrected chi connectivity index (χ4v) is 3.50. The second kappa shape index (κ2) is 7.56. The van der Waals surface area contributed by atoms with E-state index < -0.39 is 0 Å². The fraction of sp³-hybridized carbons (Fsp3) is 0.300. The highest BCUT2D eigenvalue weighted by atomic mass is 127. The lowest BCUT2D eigenvalue weighted by Crippen LogP contribution is -2.27. The molecule has 0 aromatic heterocycles. The molecule has 1 aliphatic rings. The number of hydrogen-bond donors (Lipinski definition) is 1. The Bertz CT molecular complexity index is 819. The molecule has 1 aliphatic heterocycles. The molecule has 0 saturated carbocycles. The van der Waals surface area contributed by atoms with Gasteiger partial charge in [-0.1, -0.05) is 18.2 Å². The molecule has 0 bridgehead atoms. The van der Waals surface area contributed by atoms with E-state index >= 15 is 0 Å². The molecule has 3 rings (SSSR count). The number of benzene rings is 2. The van der Waals surface area contributed by atoms with Crippen LogP contribution in [-0.4, -0.2) is 18.4 Å². The second-order valence-corrected chi connectivity index (χ2v) is 7.57. The number of anilines is 1. The van der Waals surface area contributed by atoms with Crippen LogP contribution in [-0.2, 0) is 4.79 Å². The molecule has 1 heterocycles. The Kier molecular flexibility index (Phi) is 5.42. The van der Waals surface area contributed by atoms with Crippen LogP contribution in [0.1, 0.15) is 47.3 Å². The molecule has 5 heteroatoms. The van der Waals surface area contributed by atoms with E-state index in [0.29, 0.717) is 12.0 Å². The van der Waals surface area contributed by atoms with Crippen LogP contribution in [0.2, 0.25) is 0 Å². The first-order valence-electron chi connectivity index (χ1n) is 8.43. The molecule has 1 fully saturated rings. The zero-order valence-electron chi connectivity index (χ0n) is 14.4. The first-order valence-corrected chi connectivity index (χ1v) is 9.51. The second-order valence-electron chi connectivity index (χ2n) is 6.40. The van der Waals surface area contributed by atoms with Gasteiger partial charge in [0.25, 0.3) is 5.91 Å². The molecule has 0 aliphatic carbocycles. The van der Waals surface area contributed by atoms with Crippen molar-refractivity contribution >= 4 is 40.1 Å². The van der Waals surface area contributed by atoms with Crippen LogP contribution in [0.25, 0.3) is 0 Å². The van der Waals surface area contributed by atoms with Crippen LogP contribution >= 0.6 is 22.6 Å². The van der Waals surface area contributed by atoms with Gasteiger partial charge in [0.1, 0.15) is 0 Å². The van der Waals surface area contributed by atoms with E-state index in [0.717, 1.165) is 33.4 Å². The molecule has 0 radical (unpaired) electrons. The maximum absolute atomic E-state index is 12.5. The van der Waals surface area contributed by atoms with Crippen molar-refractivity contribution in [1.29, 1.82) is 0 Å². The van der Waals surface area contributed by atoms with E-state index in [-0.39, 0.29) is 17.9 Å². The molecule has 1 unspecified atom stereocenters. The van der Waals surface area contributed by atoms with E-state index in [2.05, 4.69) is 27.9 Å². The van der Waals surface area contributed by atoms with Crippen LogP contribution in [0.5, 0.6) is 0 Å². The van der Waals surface area contributed by atoms with Gasteiger partial charge < -0.3 is 10.2 Å². The summed E-state index contributed by atoms with van der Waals surface area (Å²) in [6.45, 7) is 4.75. The van der Waals surface area contributed by atoms with E-state index in [9.17, 15) is 9.59 Å². The standard InChI is InChI=1S/C20H21IN2O2/c1-13-8-9-16(12-18(13)21)20(25)22-14(2)15-5-3-6-17(11-15)23-10-4-7-19(23)24/h3,5-6,8-9,11-12,14H,4,7,10H2,1-2H3,(H,22,25). The Balaban J connectivity index is 1.74. The summed E-state index contributed by atoms with van der Waals surface area (Å²) in [5.74, 6) is 0.0798. The molecule has 2 aromatic rings. The smallest absolute Gasteiger partial charge is 0.251 e. The topological polar surface area (TPSA) is 49.4 Å². The third kappa shape index (κ3) is 4.03. The summed E-state index contributed by atoms with van der Waals surface area (Å²) < 4.78 is 1.08. The predicted octanol–water partition coefficient (Wildman–Crippen LogP) is 4.22. The minimum atomic E-state index is -0.135. The largest absolute Gasteiger partial charge is 0.346 e. The zero-order chi connectivity index (χ0) is 18.0. The van der Waals surface area contributed by atoms with Gasteiger partial charge in [0.2, 0.25) is 5.91 Å². The number of aryl methyl sites for hydroxylation is 1.